The lowest BCUT2D eigenvalue weighted by molar-refractivity contribution is -0.385. The highest BCUT2D eigenvalue weighted by atomic mass is 16.6. The van der Waals surface area contributed by atoms with Gasteiger partial charge in [0.15, 0.2) is 0 Å². The molecule has 0 spiro atoms. The van der Waals surface area contributed by atoms with E-state index in [1.54, 1.807) is 12.1 Å². The molecule has 0 aliphatic rings. The van der Waals surface area contributed by atoms with E-state index >= 15 is 0 Å². The molecule has 0 radical (unpaired) electrons. The van der Waals surface area contributed by atoms with Gasteiger partial charge in [0.1, 0.15) is 0 Å². The van der Waals surface area contributed by atoms with Crippen molar-refractivity contribution in [1.29, 1.82) is 0 Å². The third-order valence-electron chi connectivity index (χ3n) is 1.27. The summed E-state index contributed by atoms with van der Waals surface area (Å²) in [7, 11) is 0. The minimum atomic E-state index is -0.501. The summed E-state index contributed by atoms with van der Waals surface area (Å²) in [6.45, 7) is 3.31. The van der Waals surface area contributed by atoms with Crippen LogP contribution >= 0.6 is 0 Å². The molecule has 62 valence electrons. The van der Waals surface area contributed by atoms with Gasteiger partial charge in [-0.3, -0.25) is 10.1 Å². The second kappa shape index (κ2) is 3.52. The maximum atomic E-state index is 10.4. The molecule has 1 rings (SSSR count). The zero-order chi connectivity index (χ0) is 8.97. The number of para-hydroxylation sites is 2. The molecule has 0 aromatic heterocycles. The Morgan fingerprint density at radius 1 is 1.50 bits per heavy atom. The Bertz CT molecular complexity index is 309. The van der Waals surface area contributed by atoms with Crippen molar-refractivity contribution in [2.24, 2.45) is 0 Å². The molecule has 1 aromatic carbocycles. The highest BCUT2D eigenvalue weighted by molar-refractivity contribution is 5.45. The Labute approximate surface area is 69.2 Å². The Balaban J connectivity index is 3.07. The van der Waals surface area contributed by atoms with Crippen LogP contribution < -0.4 is 4.74 Å². The molecule has 0 aliphatic carbocycles. The first kappa shape index (κ1) is 8.26. The van der Waals surface area contributed by atoms with Gasteiger partial charge in [-0.2, -0.15) is 0 Å². The van der Waals surface area contributed by atoms with Gasteiger partial charge < -0.3 is 4.74 Å². The van der Waals surface area contributed by atoms with Crippen LogP contribution in [0.15, 0.2) is 37.1 Å². The lowest BCUT2D eigenvalue weighted by Gasteiger charge is -1.98. The van der Waals surface area contributed by atoms with Crippen LogP contribution in [-0.4, -0.2) is 4.92 Å². The summed E-state index contributed by atoms with van der Waals surface area (Å²) in [5.41, 5.74) is -0.0580. The average molecular weight is 165 g/mol. The Morgan fingerprint density at radius 3 is 2.75 bits per heavy atom. The maximum Gasteiger partial charge on any atom is 0.311 e. The quantitative estimate of drug-likeness (QED) is 0.391. The van der Waals surface area contributed by atoms with Crippen LogP contribution in [-0.2, 0) is 0 Å². The van der Waals surface area contributed by atoms with E-state index in [1.807, 2.05) is 0 Å². The molecular weight excluding hydrogens is 158 g/mol. The molecule has 0 saturated carbocycles. The Hall–Kier alpha value is -1.84. The van der Waals surface area contributed by atoms with Crippen molar-refractivity contribution in [1.82, 2.24) is 0 Å². The van der Waals surface area contributed by atoms with Crippen molar-refractivity contribution in [3.05, 3.63) is 47.2 Å². The van der Waals surface area contributed by atoms with Crippen molar-refractivity contribution in [3.63, 3.8) is 0 Å². The minimum absolute atomic E-state index is 0.0580. The Kier molecular flexibility index (Phi) is 2.42. The first-order chi connectivity index (χ1) is 5.75. The predicted octanol–water partition coefficient (Wildman–Crippen LogP) is 2.12. The first-order valence-electron chi connectivity index (χ1n) is 3.26. The van der Waals surface area contributed by atoms with E-state index in [2.05, 4.69) is 6.58 Å². The molecule has 4 heteroatoms. The summed E-state index contributed by atoms with van der Waals surface area (Å²) < 4.78 is 4.82. The number of hydrogen-bond donors (Lipinski definition) is 0. The van der Waals surface area contributed by atoms with Crippen LogP contribution in [0.25, 0.3) is 0 Å². The number of nitro benzene ring substituents is 1. The van der Waals surface area contributed by atoms with Gasteiger partial charge in [-0.15, -0.1) is 0 Å². The standard InChI is InChI=1S/C8H7NO3/c1-2-12-8-6-4-3-5-7(8)9(10)11/h2-6H,1H2. The van der Waals surface area contributed by atoms with E-state index in [9.17, 15) is 10.1 Å². The zero-order valence-electron chi connectivity index (χ0n) is 6.27. The second-order valence-corrected chi connectivity index (χ2v) is 2.01. The fourth-order valence-corrected chi connectivity index (χ4v) is 0.797. The van der Waals surface area contributed by atoms with E-state index < -0.39 is 4.92 Å². The van der Waals surface area contributed by atoms with Gasteiger partial charge in [0.2, 0.25) is 5.75 Å². The van der Waals surface area contributed by atoms with Crippen molar-refractivity contribution >= 4 is 5.69 Å². The molecule has 0 heterocycles. The van der Waals surface area contributed by atoms with E-state index in [0.717, 1.165) is 6.26 Å². The van der Waals surface area contributed by atoms with Gasteiger partial charge >= 0.3 is 5.69 Å². The van der Waals surface area contributed by atoms with Crippen molar-refractivity contribution in [3.8, 4) is 5.75 Å². The van der Waals surface area contributed by atoms with Crippen LogP contribution in [0, 0.1) is 10.1 Å². The SMILES string of the molecule is C=COc1ccccc1[N+](=O)[O-]. The molecular formula is C8H7NO3. The number of nitro groups is 1. The fourth-order valence-electron chi connectivity index (χ4n) is 0.797. The van der Waals surface area contributed by atoms with Gasteiger partial charge in [0.25, 0.3) is 0 Å². The lowest BCUT2D eigenvalue weighted by atomic mass is 10.3. The number of benzene rings is 1. The van der Waals surface area contributed by atoms with E-state index in [-0.39, 0.29) is 11.4 Å². The third kappa shape index (κ3) is 1.60. The molecule has 0 unspecified atom stereocenters. The normalized spacial score (nSPS) is 9.00. The summed E-state index contributed by atoms with van der Waals surface area (Å²) in [5, 5.41) is 10.4. The molecule has 0 bridgehead atoms. The van der Waals surface area contributed by atoms with Crippen LogP contribution in [0.2, 0.25) is 0 Å². The van der Waals surface area contributed by atoms with Crippen molar-refractivity contribution < 1.29 is 9.66 Å². The molecule has 12 heavy (non-hydrogen) atoms. The summed E-state index contributed by atoms with van der Waals surface area (Å²) in [6.07, 6.45) is 1.16. The molecule has 0 fully saturated rings. The zero-order valence-corrected chi connectivity index (χ0v) is 6.27. The lowest BCUT2D eigenvalue weighted by Crippen LogP contribution is -1.91. The molecule has 4 nitrogen and oxygen atoms in total. The molecule has 0 saturated heterocycles. The maximum absolute atomic E-state index is 10.4. The van der Waals surface area contributed by atoms with E-state index in [4.69, 9.17) is 4.74 Å². The fraction of sp³-hybridized carbons (Fsp3) is 0. The highest BCUT2D eigenvalue weighted by Gasteiger charge is 2.11. The van der Waals surface area contributed by atoms with Gasteiger partial charge in [0.05, 0.1) is 11.2 Å². The monoisotopic (exact) mass is 165 g/mol. The first-order valence-corrected chi connectivity index (χ1v) is 3.26. The van der Waals surface area contributed by atoms with Gasteiger partial charge in [-0.05, 0) is 6.07 Å². The molecule has 0 N–H and O–H groups in total. The number of rotatable bonds is 3. The Morgan fingerprint density at radius 2 is 2.17 bits per heavy atom. The summed E-state index contributed by atoms with van der Waals surface area (Å²) in [4.78, 5) is 9.89. The number of nitrogens with zero attached hydrogens (tertiary/aromatic N) is 1. The smallest absolute Gasteiger partial charge is 0.311 e. The largest absolute Gasteiger partial charge is 0.458 e. The van der Waals surface area contributed by atoms with Crippen LogP contribution in [0.3, 0.4) is 0 Å². The van der Waals surface area contributed by atoms with Gasteiger partial charge in [-0.1, -0.05) is 18.7 Å². The molecule has 0 atom stereocenters. The average Bonchev–Trinajstić information content (AvgIpc) is 2.05. The predicted molar refractivity (Wildman–Crippen MR) is 43.9 cm³/mol. The van der Waals surface area contributed by atoms with Gasteiger partial charge in [0, 0.05) is 6.07 Å². The van der Waals surface area contributed by atoms with Crippen molar-refractivity contribution in [2.75, 3.05) is 0 Å². The topological polar surface area (TPSA) is 52.4 Å². The summed E-state index contributed by atoms with van der Waals surface area (Å²) in [5.74, 6) is 0.206. The second-order valence-electron chi connectivity index (χ2n) is 2.01. The van der Waals surface area contributed by atoms with Crippen LogP contribution in [0.4, 0.5) is 5.69 Å². The highest BCUT2D eigenvalue weighted by Crippen LogP contribution is 2.25. The van der Waals surface area contributed by atoms with Crippen LogP contribution in [0.1, 0.15) is 0 Å². The summed E-state index contributed by atoms with van der Waals surface area (Å²) >= 11 is 0. The molecule has 0 aliphatic heterocycles. The van der Waals surface area contributed by atoms with Gasteiger partial charge in [-0.25, -0.2) is 0 Å². The van der Waals surface area contributed by atoms with Crippen LogP contribution in [0.5, 0.6) is 5.75 Å². The summed E-state index contributed by atoms with van der Waals surface area (Å²) in [6, 6.07) is 6.12. The molecule has 1 aromatic rings. The van der Waals surface area contributed by atoms with E-state index in [0.29, 0.717) is 0 Å². The minimum Gasteiger partial charge on any atom is -0.458 e. The third-order valence-corrected chi connectivity index (χ3v) is 1.27. The number of ether oxygens (including phenoxy) is 1. The molecule has 0 amide bonds. The van der Waals surface area contributed by atoms with E-state index in [1.165, 1.54) is 12.1 Å². The number of hydrogen-bond acceptors (Lipinski definition) is 3. The van der Waals surface area contributed by atoms with Crippen molar-refractivity contribution in [2.45, 2.75) is 0 Å².